The van der Waals surface area contributed by atoms with E-state index in [-0.39, 0.29) is 5.91 Å². The van der Waals surface area contributed by atoms with Gasteiger partial charge in [-0.05, 0) is 57.5 Å². The van der Waals surface area contributed by atoms with Gasteiger partial charge in [-0.25, -0.2) is 9.97 Å². The molecule has 0 aliphatic heterocycles. The maximum Gasteiger partial charge on any atom is 0.261 e. The molecule has 28 heavy (non-hydrogen) atoms. The molecular formula is C22H26N4OS. The number of hydrogen-bond acceptors (Lipinski definition) is 5. The lowest BCUT2D eigenvalue weighted by Gasteiger charge is -2.10. The molecule has 1 N–H and O–H groups in total. The molecule has 1 aliphatic rings. The van der Waals surface area contributed by atoms with E-state index in [2.05, 4.69) is 53.6 Å². The summed E-state index contributed by atoms with van der Waals surface area (Å²) in [6.07, 6.45) is 2.35. The molecule has 0 unspecified atom stereocenters. The van der Waals surface area contributed by atoms with Crippen molar-refractivity contribution in [2.24, 2.45) is 0 Å². The minimum absolute atomic E-state index is 0.0368. The van der Waals surface area contributed by atoms with Gasteiger partial charge >= 0.3 is 0 Å². The Bertz CT molecular complexity index is 1020. The van der Waals surface area contributed by atoms with Gasteiger partial charge in [0.25, 0.3) is 5.91 Å². The summed E-state index contributed by atoms with van der Waals surface area (Å²) in [6, 6.07) is 8.39. The normalized spacial score (nSPS) is 14.0. The number of fused-ring (bicyclic) bond motifs is 1. The third-order valence-electron chi connectivity index (χ3n) is 5.11. The minimum atomic E-state index is -0.0368. The van der Waals surface area contributed by atoms with Crippen molar-refractivity contribution >= 4 is 27.5 Å². The maximum atomic E-state index is 12.8. The Hall–Kier alpha value is -2.31. The molecule has 1 amide bonds. The molecule has 0 radical (unpaired) electrons. The van der Waals surface area contributed by atoms with Gasteiger partial charge < -0.3 is 10.2 Å². The standard InChI is InChI=1S/C22H26N4OS/c1-13-18-14(2)24-20(17-9-10-17)25-22(18)28-19(13)21(27)23-11-15-5-7-16(8-6-15)12-26(3)4/h5-8,17H,9-12H2,1-4H3,(H,23,27). The Balaban J connectivity index is 1.49. The van der Waals surface area contributed by atoms with E-state index in [1.165, 1.54) is 29.7 Å². The van der Waals surface area contributed by atoms with Gasteiger partial charge in [-0.15, -0.1) is 11.3 Å². The lowest BCUT2D eigenvalue weighted by atomic mass is 10.1. The van der Waals surface area contributed by atoms with E-state index < -0.39 is 0 Å². The number of aromatic nitrogens is 2. The molecule has 1 aromatic carbocycles. The number of carbonyl (C=O) groups excluding carboxylic acids is 1. The van der Waals surface area contributed by atoms with Crippen LogP contribution in [0.4, 0.5) is 0 Å². The highest BCUT2D eigenvalue weighted by molar-refractivity contribution is 7.20. The largest absolute Gasteiger partial charge is 0.347 e. The lowest BCUT2D eigenvalue weighted by Crippen LogP contribution is -2.22. The summed E-state index contributed by atoms with van der Waals surface area (Å²) in [6.45, 7) is 5.45. The molecule has 2 aromatic heterocycles. The van der Waals surface area contributed by atoms with Crippen LogP contribution in [-0.2, 0) is 13.1 Å². The van der Waals surface area contributed by atoms with Gasteiger partial charge in [-0.1, -0.05) is 24.3 Å². The smallest absolute Gasteiger partial charge is 0.261 e. The predicted molar refractivity (Wildman–Crippen MR) is 114 cm³/mol. The number of nitrogens with zero attached hydrogens (tertiary/aromatic N) is 3. The first-order valence-corrected chi connectivity index (χ1v) is 10.5. The summed E-state index contributed by atoms with van der Waals surface area (Å²) in [7, 11) is 4.11. The number of thiophene rings is 1. The molecule has 3 aromatic rings. The van der Waals surface area contributed by atoms with Gasteiger partial charge in [0.15, 0.2) is 0 Å². The van der Waals surface area contributed by atoms with Crippen LogP contribution in [0.1, 0.15) is 56.6 Å². The second-order valence-corrected chi connectivity index (χ2v) is 8.91. The fraction of sp³-hybridized carbons (Fsp3) is 0.409. The van der Waals surface area contributed by atoms with E-state index in [9.17, 15) is 4.79 Å². The van der Waals surface area contributed by atoms with E-state index in [1.807, 2.05) is 13.8 Å². The first kappa shape index (κ1) is 19.0. The molecule has 0 spiro atoms. The van der Waals surface area contributed by atoms with Crippen molar-refractivity contribution in [1.82, 2.24) is 20.2 Å². The van der Waals surface area contributed by atoms with Gasteiger partial charge in [-0.2, -0.15) is 0 Å². The summed E-state index contributed by atoms with van der Waals surface area (Å²) < 4.78 is 0. The summed E-state index contributed by atoms with van der Waals surface area (Å²) in [5, 5.41) is 4.09. The molecular weight excluding hydrogens is 368 g/mol. The summed E-state index contributed by atoms with van der Waals surface area (Å²) >= 11 is 1.48. The van der Waals surface area contributed by atoms with Crippen molar-refractivity contribution in [2.45, 2.75) is 45.7 Å². The Labute approximate surface area is 169 Å². The zero-order chi connectivity index (χ0) is 19.8. The number of hydrogen-bond donors (Lipinski definition) is 1. The fourth-order valence-corrected chi connectivity index (χ4v) is 4.65. The number of benzene rings is 1. The molecule has 1 saturated carbocycles. The van der Waals surface area contributed by atoms with E-state index in [4.69, 9.17) is 4.98 Å². The molecule has 0 atom stereocenters. The zero-order valence-corrected chi connectivity index (χ0v) is 17.7. The SMILES string of the molecule is Cc1nc(C2CC2)nc2sc(C(=O)NCc3ccc(CN(C)C)cc3)c(C)c12. The molecule has 5 nitrogen and oxygen atoms in total. The number of nitrogens with one attached hydrogen (secondary N) is 1. The van der Waals surface area contributed by atoms with Crippen LogP contribution >= 0.6 is 11.3 Å². The van der Waals surface area contributed by atoms with Crippen LogP contribution in [0.3, 0.4) is 0 Å². The second-order valence-electron chi connectivity index (χ2n) is 7.91. The van der Waals surface area contributed by atoms with Crippen molar-refractivity contribution in [2.75, 3.05) is 14.1 Å². The maximum absolute atomic E-state index is 12.8. The van der Waals surface area contributed by atoms with Crippen LogP contribution in [0, 0.1) is 13.8 Å². The number of rotatable bonds is 6. The Kier molecular flexibility index (Phi) is 5.17. The van der Waals surface area contributed by atoms with Gasteiger partial charge in [0.05, 0.1) is 10.6 Å². The highest BCUT2D eigenvalue weighted by Crippen LogP contribution is 2.40. The van der Waals surface area contributed by atoms with Crippen LogP contribution in [0.5, 0.6) is 0 Å². The van der Waals surface area contributed by atoms with Gasteiger partial charge in [0.2, 0.25) is 0 Å². The molecule has 2 heterocycles. The molecule has 146 valence electrons. The first-order chi connectivity index (χ1) is 13.4. The average molecular weight is 395 g/mol. The molecule has 1 aliphatic carbocycles. The monoisotopic (exact) mass is 394 g/mol. The van der Waals surface area contributed by atoms with Crippen LogP contribution in [0.25, 0.3) is 10.2 Å². The van der Waals surface area contributed by atoms with E-state index >= 15 is 0 Å². The van der Waals surface area contributed by atoms with Crippen LogP contribution in [0.2, 0.25) is 0 Å². The second kappa shape index (κ2) is 7.60. The molecule has 1 fully saturated rings. The Morgan fingerprint density at radius 1 is 1.14 bits per heavy atom. The Morgan fingerprint density at radius 3 is 2.46 bits per heavy atom. The highest BCUT2D eigenvalue weighted by atomic mass is 32.1. The van der Waals surface area contributed by atoms with E-state index in [0.29, 0.717) is 12.5 Å². The van der Waals surface area contributed by atoms with Crippen LogP contribution in [0.15, 0.2) is 24.3 Å². The summed E-state index contributed by atoms with van der Waals surface area (Å²) in [5.41, 5.74) is 4.33. The van der Waals surface area contributed by atoms with Gasteiger partial charge in [-0.3, -0.25) is 4.79 Å². The fourth-order valence-electron chi connectivity index (χ4n) is 3.49. The van der Waals surface area contributed by atoms with E-state index in [1.54, 1.807) is 0 Å². The van der Waals surface area contributed by atoms with Crippen LogP contribution < -0.4 is 5.32 Å². The lowest BCUT2D eigenvalue weighted by molar-refractivity contribution is 0.0954. The van der Waals surface area contributed by atoms with Crippen molar-refractivity contribution in [3.63, 3.8) is 0 Å². The topological polar surface area (TPSA) is 58.1 Å². The third-order valence-corrected chi connectivity index (χ3v) is 6.30. The molecule has 0 bridgehead atoms. The summed E-state index contributed by atoms with van der Waals surface area (Å²) in [5.74, 6) is 1.42. The van der Waals surface area contributed by atoms with Gasteiger partial charge in [0, 0.05) is 24.4 Å². The molecule has 4 rings (SSSR count). The van der Waals surface area contributed by atoms with Crippen molar-refractivity contribution in [1.29, 1.82) is 0 Å². The predicted octanol–water partition coefficient (Wildman–Crippen LogP) is 4.18. The van der Waals surface area contributed by atoms with Crippen molar-refractivity contribution < 1.29 is 4.79 Å². The highest BCUT2D eigenvalue weighted by Gasteiger charge is 2.28. The van der Waals surface area contributed by atoms with Crippen molar-refractivity contribution in [3.8, 4) is 0 Å². The van der Waals surface area contributed by atoms with Gasteiger partial charge in [0.1, 0.15) is 10.7 Å². The minimum Gasteiger partial charge on any atom is -0.347 e. The average Bonchev–Trinajstić information content (AvgIpc) is 3.44. The van der Waals surface area contributed by atoms with Crippen LogP contribution in [-0.4, -0.2) is 34.9 Å². The first-order valence-electron chi connectivity index (χ1n) is 9.70. The Morgan fingerprint density at radius 2 is 1.82 bits per heavy atom. The quantitative estimate of drug-likeness (QED) is 0.681. The van der Waals surface area contributed by atoms with E-state index in [0.717, 1.165) is 44.3 Å². The number of carbonyl (C=O) groups is 1. The molecule has 0 saturated heterocycles. The third kappa shape index (κ3) is 3.93. The summed E-state index contributed by atoms with van der Waals surface area (Å²) in [4.78, 5) is 26.0. The number of aryl methyl sites for hydroxylation is 2. The number of amides is 1. The molecule has 6 heteroatoms. The zero-order valence-electron chi connectivity index (χ0n) is 16.9. The van der Waals surface area contributed by atoms with Crippen molar-refractivity contribution in [3.05, 3.63) is 57.4 Å².